The number of hydrogen-bond donors (Lipinski definition) is 1. The topological polar surface area (TPSA) is 35.2 Å². The fourth-order valence-corrected chi connectivity index (χ4v) is 2.01. The van der Waals surface area contributed by atoms with E-state index in [0.29, 0.717) is 16.0 Å². The van der Waals surface area contributed by atoms with E-state index in [-0.39, 0.29) is 5.69 Å². The second-order valence-corrected chi connectivity index (χ2v) is 5.53. The second kappa shape index (κ2) is 5.28. The molecule has 0 saturated heterocycles. The second-order valence-electron chi connectivity index (χ2n) is 3.82. The molecule has 0 fully saturated rings. The zero-order valence-electron chi connectivity index (χ0n) is 9.51. The van der Waals surface area contributed by atoms with Gasteiger partial charge < -0.3 is 10.5 Å². The highest BCUT2D eigenvalue weighted by Gasteiger charge is 2.08. The van der Waals surface area contributed by atoms with Crippen molar-refractivity contribution in [2.24, 2.45) is 0 Å². The number of anilines is 1. The minimum absolute atomic E-state index is 0.260. The van der Waals surface area contributed by atoms with E-state index in [1.165, 1.54) is 12.1 Å². The number of nitrogen functional groups attached to an aromatic ring is 1. The molecule has 18 heavy (non-hydrogen) atoms. The SMILES string of the molecule is Cc1cc(Oc2cc(Br)c(F)cc2N)ccc1Br. The molecule has 5 heteroatoms. The van der Waals surface area contributed by atoms with Gasteiger partial charge in [-0.15, -0.1) is 0 Å². The average molecular weight is 375 g/mol. The van der Waals surface area contributed by atoms with Crippen molar-refractivity contribution >= 4 is 37.5 Å². The molecule has 0 bridgehead atoms. The summed E-state index contributed by atoms with van der Waals surface area (Å²) < 4.78 is 20.2. The van der Waals surface area contributed by atoms with Crippen LogP contribution in [0.5, 0.6) is 11.5 Å². The zero-order chi connectivity index (χ0) is 13.3. The summed E-state index contributed by atoms with van der Waals surface area (Å²) in [6.45, 7) is 1.96. The van der Waals surface area contributed by atoms with Crippen molar-refractivity contribution in [1.29, 1.82) is 0 Å². The molecule has 0 amide bonds. The van der Waals surface area contributed by atoms with Crippen molar-refractivity contribution < 1.29 is 9.13 Å². The van der Waals surface area contributed by atoms with Crippen LogP contribution < -0.4 is 10.5 Å². The van der Waals surface area contributed by atoms with E-state index in [4.69, 9.17) is 10.5 Å². The predicted molar refractivity (Wildman–Crippen MR) is 77.5 cm³/mol. The Morgan fingerprint density at radius 1 is 1.11 bits per heavy atom. The number of halogens is 3. The van der Waals surface area contributed by atoms with E-state index in [9.17, 15) is 4.39 Å². The van der Waals surface area contributed by atoms with E-state index in [1.54, 1.807) is 0 Å². The van der Waals surface area contributed by atoms with Crippen LogP contribution >= 0.6 is 31.9 Å². The highest BCUT2D eigenvalue weighted by molar-refractivity contribution is 9.10. The van der Waals surface area contributed by atoms with Gasteiger partial charge in [0.25, 0.3) is 0 Å². The molecule has 0 aliphatic rings. The molecule has 0 spiro atoms. The lowest BCUT2D eigenvalue weighted by Gasteiger charge is -2.10. The maximum Gasteiger partial charge on any atom is 0.151 e. The highest BCUT2D eigenvalue weighted by atomic mass is 79.9. The fraction of sp³-hybridized carbons (Fsp3) is 0.0769. The standard InChI is InChI=1S/C13H10Br2FNO/c1-7-4-8(2-3-9(7)14)18-13-5-10(15)11(16)6-12(13)17/h2-6H,17H2,1H3. The van der Waals surface area contributed by atoms with Crippen LogP contribution in [-0.2, 0) is 0 Å². The van der Waals surface area contributed by atoms with Crippen molar-refractivity contribution in [1.82, 2.24) is 0 Å². The molecular formula is C13H10Br2FNO. The predicted octanol–water partition coefficient (Wildman–Crippen LogP) is 5.03. The Hall–Kier alpha value is -1.07. The molecule has 2 aromatic rings. The minimum Gasteiger partial charge on any atom is -0.455 e. The van der Waals surface area contributed by atoms with Crippen LogP contribution in [-0.4, -0.2) is 0 Å². The Balaban J connectivity index is 2.34. The quantitative estimate of drug-likeness (QED) is 0.748. The van der Waals surface area contributed by atoms with Gasteiger partial charge in [-0.05, 0) is 46.6 Å². The van der Waals surface area contributed by atoms with Gasteiger partial charge in [-0.2, -0.15) is 0 Å². The van der Waals surface area contributed by atoms with Crippen molar-refractivity contribution in [3.8, 4) is 11.5 Å². The fourth-order valence-electron chi connectivity index (χ4n) is 1.44. The van der Waals surface area contributed by atoms with Gasteiger partial charge in [-0.1, -0.05) is 15.9 Å². The van der Waals surface area contributed by atoms with Gasteiger partial charge in [0, 0.05) is 16.6 Å². The maximum absolute atomic E-state index is 13.2. The molecule has 0 radical (unpaired) electrons. The van der Waals surface area contributed by atoms with Gasteiger partial charge >= 0.3 is 0 Å². The summed E-state index contributed by atoms with van der Waals surface area (Å²) in [6.07, 6.45) is 0. The van der Waals surface area contributed by atoms with Crippen molar-refractivity contribution in [2.75, 3.05) is 5.73 Å². The first kappa shape index (κ1) is 13.4. The Kier molecular flexibility index (Phi) is 3.92. The van der Waals surface area contributed by atoms with Crippen LogP contribution in [0.25, 0.3) is 0 Å². The molecule has 0 aliphatic carbocycles. The van der Waals surface area contributed by atoms with E-state index in [1.807, 2.05) is 25.1 Å². The van der Waals surface area contributed by atoms with Gasteiger partial charge in [0.1, 0.15) is 11.6 Å². The molecule has 0 unspecified atom stereocenters. The van der Waals surface area contributed by atoms with Gasteiger partial charge in [0.05, 0.1) is 10.2 Å². The summed E-state index contributed by atoms with van der Waals surface area (Å²) in [6, 6.07) is 8.32. The first-order valence-corrected chi connectivity index (χ1v) is 6.74. The molecule has 94 valence electrons. The Morgan fingerprint density at radius 3 is 2.50 bits per heavy atom. The Morgan fingerprint density at radius 2 is 1.83 bits per heavy atom. The van der Waals surface area contributed by atoms with Crippen LogP contribution in [0.3, 0.4) is 0 Å². The molecule has 0 saturated carbocycles. The zero-order valence-corrected chi connectivity index (χ0v) is 12.7. The van der Waals surface area contributed by atoms with E-state index in [2.05, 4.69) is 31.9 Å². The Bertz CT molecular complexity index is 602. The van der Waals surface area contributed by atoms with E-state index in [0.717, 1.165) is 10.0 Å². The van der Waals surface area contributed by atoms with E-state index < -0.39 is 5.82 Å². The summed E-state index contributed by atoms with van der Waals surface area (Å²) in [5, 5.41) is 0. The number of benzene rings is 2. The average Bonchev–Trinajstić information content (AvgIpc) is 2.31. The lowest BCUT2D eigenvalue weighted by atomic mass is 10.2. The molecule has 0 heterocycles. The van der Waals surface area contributed by atoms with Gasteiger partial charge in [0.15, 0.2) is 5.75 Å². The number of ether oxygens (including phenoxy) is 1. The third-order valence-electron chi connectivity index (χ3n) is 2.41. The molecule has 0 aliphatic heterocycles. The van der Waals surface area contributed by atoms with Crippen LogP contribution in [0.15, 0.2) is 39.3 Å². The third kappa shape index (κ3) is 2.84. The molecular weight excluding hydrogens is 365 g/mol. The van der Waals surface area contributed by atoms with Crippen molar-refractivity contribution in [3.63, 3.8) is 0 Å². The lowest BCUT2D eigenvalue weighted by molar-refractivity contribution is 0.482. The van der Waals surface area contributed by atoms with Gasteiger partial charge in [-0.25, -0.2) is 4.39 Å². The number of nitrogens with two attached hydrogens (primary N) is 1. The Labute approximate surface area is 121 Å². The minimum atomic E-state index is -0.410. The summed E-state index contributed by atoms with van der Waals surface area (Å²) in [5.74, 6) is 0.665. The molecule has 2 rings (SSSR count). The molecule has 2 nitrogen and oxygen atoms in total. The number of aryl methyl sites for hydroxylation is 1. The van der Waals surface area contributed by atoms with E-state index >= 15 is 0 Å². The van der Waals surface area contributed by atoms with Gasteiger partial charge in [-0.3, -0.25) is 0 Å². The number of rotatable bonds is 2. The van der Waals surface area contributed by atoms with Crippen LogP contribution in [0.2, 0.25) is 0 Å². The lowest BCUT2D eigenvalue weighted by Crippen LogP contribution is -1.94. The smallest absolute Gasteiger partial charge is 0.151 e. The number of hydrogen-bond acceptors (Lipinski definition) is 2. The maximum atomic E-state index is 13.2. The summed E-state index contributed by atoms with van der Waals surface area (Å²) in [7, 11) is 0. The highest BCUT2D eigenvalue weighted by Crippen LogP contribution is 2.33. The van der Waals surface area contributed by atoms with Crippen molar-refractivity contribution in [3.05, 3.63) is 50.7 Å². The first-order valence-electron chi connectivity index (χ1n) is 5.16. The molecule has 0 atom stereocenters. The summed E-state index contributed by atoms with van der Waals surface area (Å²) in [4.78, 5) is 0. The summed E-state index contributed by atoms with van der Waals surface area (Å²) in [5.41, 5.74) is 7.02. The normalized spacial score (nSPS) is 10.4. The monoisotopic (exact) mass is 373 g/mol. The molecule has 2 N–H and O–H groups in total. The van der Waals surface area contributed by atoms with Crippen LogP contribution in [0.1, 0.15) is 5.56 Å². The molecule has 0 aromatic heterocycles. The third-order valence-corrected chi connectivity index (χ3v) is 3.91. The largest absolute Gasteiger partial charge is 0.455 e. The first-order chi connectivity index (χ1) is 8.47. The van der Waals surface area contributed by atoms with Gasteiger partial charge in [0.2, 0.25) is 0 Å². The van der Waals surface area contributed by atoms with Crippen LogP contribution in [0.4, 0.5) is 10.1 Å². The molecule has 2 aromatic carbocycles. The van der Waals surface area contributed by atoms with Crippen molar-refractivity contribution in [2.45, 2.75) is 6.92 Å². The summed E-state index contributed by atoms with van der Waals surface area (Å²) >= 11 is 6.51. The van der Waals surface area contributed by atoms with Crippen LogP contribution in [0, 0.1) is 12.7 Å².